The Morgan fingerprint density at radius 1 is 1.35 bits per heavy atom. The lowest BCUT2D eigenvalue weighted by atomic mass is 10.2. The van der Waals surface area contributed by atoms with Crippen molar-refractivity contribution in [2.75, 3.05) is 5.32 Å². The first-order valence-electron chi connectivity index (χ1n) is 6.50. The third-order valence-corrected chi connectivity index (χ3v) is 3.24. The fraction of sp³-hybridized carbons (Fsp3) is 0.154. The number of H-pyrrole nitrogens is 2. The third-order valence-electron chi connectivity index (χ3n) is 2.72. The summed E-state index contributed by atoms with van der Waals surface area (Å²) in [5.41, 5.74) is 1.71. The Morgan fingerprint density at radius 3 is 2.70 bits per heavy atom. The highest BCUT2D eigenvalue weighted by Gasteiger charge is 2.14. The molecule has 0 unspecified atom stereocenters. The highest BCUT2D eigenvalue weighted by molar-refractivity contribution is 9.10. The zero-order valence-electron chi connectivity index (χ0n) is 12.0. The maximum atomic E-state index is 11.9. The van der Waals surface area contributed by atoms with Crippen LogP contribution >= 0.6 is 15.9 Å². The molecule has 1 atom stereocenters. The van der Waals surface area contributed by atoms with Crippen LogP contribution in [0.2, 0.25) is 0 Å². The van der Waals surface area contributed by atoms with Gasteiger partial charge in [-0.25, -0.2) is 15.3 Å². The molecular weight excluding hydrogens is 368 g/mol. The van der Waals surface area contributed by atoms with Gasteiger partial charge in [0.15, 0.2) is 0 Å². The lowest BCUT2D eigenvalue weighted by Gasteiger charge is -2.11. The number of hydrazone groups is 1. The average Bonchev–Trinajstić information content (AvgIpc) is 2.51. The molecule has 2 aromatic rings. The van der Waals surface area contributed by atoms with Crippen molar-refractivity contribution in [3.63, 3.8) is 0 Å². The monoisotopic (exact) mass is 380 g/mol. The van der Waals surface area contributed by atoms with Gasteiger partial charge in [-0.2, -0.15) is 5.10 Å². The van der Waals surface area contributed by atoms with Crippen LogP contribution in [0.3, 0.4) is 0 Å². The number of nitrogens with zero attached hydrogens (tertiary/aromatic N) is 2. The minimum absolute atomic E-state index is 0.163. The largest absolute Gasteiger partial charge is 0.353 e. The Bertz CT molecular complexity index is 827. The molecule has 0 aliphatic heterocycles. The minimum atomic E-state index is -0.781. The van der Waals surface area contributed by atoms with Crippen LogP contribution in [0.15, 0.2) is 43.4 Å². The first kappa shape index (κ1) is 16.6. The summed E-state index contributed by atoms with van der Waals surface area (Å²) in [6, 6.07) is 6.57. The summed E-state index contributed by atoms with van der Waals surface area (Å²) in [7, 11) is 0. The van der Waals surface area contributed by atoms with E-state index in [1.54, 1.807) is 0 Å². The van der Waals surface area contributed by atoms with Crippen molar-refractivity contribution in [3.05, 3.63) is 55.1 Å². The average molecular weight is 381 g/mol. The van der Waals surface area contributed by atoms with E-state index in [0.29, 0.717) is 0 Å². The molecule has 2 rings (SSSR count). The quantitative estimate of drug-likeness (QED) is 0.433. The standard InChI is InChI=1S/C13H13BrN6O3/c1-7(16-10-12(22)17-13(23)20-18-10)11(21)19-15-6-8-2-4-9(14)5-3-8/h2-7H,1H3,(H,16,18)(H,19,21)(H2,17,20,22,23)/b15-6-/t7-/m1/s1. The molecule has 0 aliphatic rings. The van der Waals surface area contributed by atoms with Crippen LogP contribution < -0.4 is 22.0 Å². The number of carbonyl (C=O) groups excluding carboxylic acids is 1. The summed E-state index contributed by atoms with van der Waals surface area (Å²) in [5, 5.41) is 12.0. The predicted molar refractivity (Wildman–Crippen MR) is 88.4 cm³/mol. The molecule has 1 aromatic carbocycles. The van der Waals surface area contributed by atoms with Crippen LogP contribution in [-0.2, 0) is 4.79 Å². The Balaban J connectivity index is 1.93. The van der Waals surface area contributed by atoms with Crippen LogP contribution in [0.4, 0.5) is 5.82 Å². The van der Waals surface area contributed by atoms with Crippen molar-refractivity contribution < 1.29 is 4.79 Å². The number of nitrogens with one attached hydrogen (secondary N) is 4. The van der Waals surface area contributed by atoms with E-state index < -0.39 is 23.2 Å². The molecule has 10 heteroatoms. The number of anilines is 1. The summed E-state index contributed by atoms with van der Waals surface area (Å²) in [4.78, 5) is 36.2. The maximum absolute atomic E-state index is 11.9. The van der Waals surface area contributed by atoms with Crippen LogP contribution in [-0.4, -0.2) is 33.3 Å². The van der Waals surface area contributed by atoms with E-state index in [-0.39, 0.29) is 5.82 Å². The topological polar surface area (TPSA) is 132 Å². The molecule has 0 spiro atoms. The molecule has 0 saturated carbocycles. The van der Waals surface area contributed by atoms with Crippen LogP contribution in [0.5, 0.6) is 0 Å². The number of hydrogen-bond acceptors (Lipinski definition) is 6. The van der Waals surface area contributed by atoms with E-state index in [0.717, 1.165) is 10.0 Å². The number of benzene rings is 1. The van der Waals surface area contributed by atoms with Gasteiger partial charge in [0, 0.05) is 4.47 Å². The molecule has 120 valence electrons. The van der Waals surface area contributed by atoms with Gasteiger partial charge >= 0.3 is 5.69 Å². The first-order chi connectivity index (χ1) is 11.0. The van der Waals surface area contributed by atoms with Gasteiger partial charge in [0.1, 0.15) is 6.04 Å². The van der Waals surface area contributed by atoms with Gasteiger partial charge in [-0.05, 0) is 24.6 Å². The number of amides is 1. The SMILES string of the molecule is C[C@@H](Nc1n[nH]c(=O)[nH]c1=O)C(=O)N/N=C\c1ccc(Br)cc1. The van der Waals surface area contributed by atoms with Gasteiger partial charge in [0.25, 0.3) is 11.5 Å². The fourth-order valence-electron chi connectivity index (χ4n) is 1.53. The molecule has 1 amide bonds. The van der Waals surface area contributed by atoms with Gasteiger partial charge in [-0.15, -0.1) is 5.10 Å². The lowest BCUT2D eigenvalue weighted by molar-refractivity contribution is -0.121. The van der Waals surface area contributed by atoms with Crippen molar-refractivity contribution >= 4 is 33.9 Å². The third kappa shape index (κ3) is 4.88. The Labute approximate surface area is 138 Å². The van der Waals surface area contributed by atoms with E-state index in [1.165, 1.54) is 13.1 Å². The van der Waals surface area contributed by atoms with Crippen LogP contribution in [0.1, 0.15) is 12.5 Å². The summed E-state index contributed by atoms with van der Waals surface area (Å²) >= 11 is 3.32. The van der Waals surface area contributed by atoms with Gasteiger partial charge in [-0.3, -0.25) is 14.6 Å². The van der Waals surface area contributed by atoms with Crippen LogP contribution in [0.25, 0.3) is 0 Å². The Morgan fingerprint density at radius 2 is 2.04 bits per heavy atom. The van der Waals surface area contributed by atoms with Crippen molar-refractivity contribution in [3.8, 4) is 0 Å². The smallest absolute Gasteiger partial charge is 0.342 e. The van der Waals surface area contributed by atoms with E-state index in [4.69, 9.17) is 0 Å². The van der Waals surface area contributed by atoms with Crippen LogP contribution in [0, 0.1) is 0 Å². The molecule has 1 heterocycles. The van der Waals surface area contributed by atoms with E-state index in [1.807, 2.05) is 29.2 Å². The fourth-order valence-corrected chi connectivity index (χ4v) is 1.80. The van der Waals surface area contributed by atoms with Gasteiger partial charge < -0.3 is 5.32 Å². The molecular formula is C13H13BrN6O3. The number of hydrogen-bond donors (Lipinski definition) is 4. The molecule has 1 aromatic heterocycles. The van der Waals surface area contributed by atoms with Gasteiger partial charge in [0.2, 0.25) is 5.82 Å². The Hall–Kier alpha value is -2.75. The number of halogens is 1. The first-order valence-corrected chi connectivity index (χ1v) is 7.29. The summed E-state index contributed by atoms with van der Waals surface area (Å²) in [5.74, 6) is -0.630. The molecule has 0 radical (unpaired) electrons. The summed E-state index contributed by atoms with van der Waals surface area (Å²) in [6.45, 7) is 1.52. The molecule has 0 bridgehead atoms. The van der Waals surface area contributed by atoms with Crippen molar-refractivity contribution in [1.29, 1.82) is 0 Å². The van der Waals surface area contributed by atoms with Crippen molar-refractivity contribution in [2.24, 2.45) is 5.10 Å². The van der Waals surface area contributed by atoms with Crippen molar-refractivity contribution in [2.45, 2.75) is 13.0 Å². The molecule has 4 N–H and O–H groups in total. The van der Waals surface area contributed by atoms with Gasteiger partial charge in [-0.1, -0.05) is 28.1 Å². The minimum Gasteiger partial charge on any atom is -0.353 e. The highest BCUT2D eigenvalue weighted by Crippen LogP contribution is 2.08. The second-order valence-electron chi connectivity index (χ2n) is 4.51. The number of carbonyl (C=O) groups is 1. The zero-order chi connectivity index (χ0) is 16.8. The van der Waals surface area contributed by atoms with E-state index >= 15 is 0 Å². The second kappa shape index (κ2) is 7.49. The van der Waals surface area contributed by atoms with Gasteiger partial charge in [0.05, 0.1) is 6.21 Å². The normalized spacial score (nSPS) is 12.1. The molecule has 0 saturated heterocycles. The molecule has 0 aliphatic carbocycles. The zero-order valence-corrected chi connectivity index (χ0v) is 13.5. The van der Waals surface area contributed by atoms with E-state index in [9.17, 15) is 14.4 Å². The van der Waals surface area contributed by atoms with Crippen molar-refractivity contribution in [1.82, 2.24) is 20.6 Å². The summed E-state index contributed by atoms with van der Waals surface area (Å²) in [6.07, 6.45) is 1.49. The van der Waals surface area contributed by atoms with E-state index in [2.05, 4.69) is 42.0 Å². The number of aromatic nitrogens is 3. The number of rotatable bonds is 5. The Kier molecular flexibility index (Phi) is 5.41. The molecule has 9 nitrogen and oxygen atoms in total. The second-order valence-corrected chi connectivity index (χ2v) is 5.42. The lowest BCUT2D eigenvalue weighted by Crippen LogP contribution is -2.38. The molecule has 23 heavy (non-hydrogen) atoms. The maximum Gasteiger partial charge on any atom is 0.342 e. The molecule has 0 fully saturated rings. The summed E-state index contributed by atoms with van der Waals surface area (Å²) < 4.78 is 0.940. The highest BCUT2D eigenvalue weighted by atomic mass is 79.9. The number of aromatic amines is 2. The predicted octanol–water partition coefficient (Wildman–Crippen LogP) is 0.171.